The highest BCUT2D eigenvalue weighted by Crippen LogP contribution is 2.31. The molecule has 0 radical (unpaired) electrons. The van der Waals surface area contributed by atoms with Gasteiger partial charge in [-0.15, -0.1) is 0 Å². The predicted octanol–water partition coefficient (Wildman–Crippen LogP) is 2.26. The molecular weight excluding hydrogens is 198 g/mol. The van der Waals surface area contributed by atoms with E-state index in [9.17, 15) is 5.11 Å². The van der Waals surface area contributed by atoms with E-state index >= 15 is 0 Å². The van der Waals surface area contributed by atoms with E-state index in [1.54, 1.807) is 12.4 Å². The molecule has 2 nitrogen and oxygen atoms in total. The number of benzene rings is 1. The lowest BCUT2D eigenvalue weighted by molar-refractivity contribution is 0.219. The lowest BCUT2D eigenvalue weighted by Crippen LogP contribution is -2.02. The van der Waals surface area contributed by atoms with E-state index < -0.39 is 6.10 Å². The fourth-order valence-electron chi connectivity index (χ4n) is 2.37. The van der Waals surface area contributed by atoms with Gasteiger partial charge in [0.25, 0.3) is 0 Å². The van der Waals surface area contributed by atoms with E-state index in [0.29, 0.717) is 0 Å². The molecule has 0 saturated heterocycles. The van der Waals surface area contributed by atoms with Gasteiger partial charge in [-0.1, -0.05) is 24.3 Å². The molecule has 1 aromatic heterocycles. The van der Waals surface area contributed by atoms with E-state index in [-0.39, 0.29) is 0 Å². The van der Waals surface area contributed by atoms with Crippen molar-refractivity contribution in [2.24, 2.45) is 0 Å². The number of nitrogens with zero attached hydrogens (tertiary/aromatic N) is 1. The van der Waals surface area contributed by atoms with Gasteiger partial charge in [-0.25, -0.2) is 0 Å². The fourth-order valence-corrected chi connectivity index (χ4v) is 2.37. The maximum atomic E-state index is 10.4. The first-order chi connectivity index (χ1) is 7.86. The first kappa shape index (κ1) is 9.55. The Kier molecular flexibility index (Phi) is 2.22. The average molecular weight is 211 g/mol. The summed E-state index contributed by atoms with van der Waals surface area (Å²) in [6.45, 7) is 0. The Labute approximate surface area is 94.6 Å². The molecule has 1 aliphatic rings. The zero-order valence-electron chi connectivity index (χ0n) is 8.93. The first-order valence-corrected chi connectivity index (χ1v) is 5.55. The number of hydrogen-bond donors (Lipinski definition) is 1. The largest absolute Gasteiger partial charge is 0.384 e. The van der Waals surface area contributed by atoms with Crippen LogP contribution in [0.4, 0.5) is 0 Å². The minimum Gasteiger partial charge on any atom is -0.384 e. The van der Waals surface area contributed by atoms with E-state index in [0.717, 1.165) is 24.0 Å². The second-order valence-corrected chi connectivity index (χ2v) is 4.18. The molecule has 3 rings (SSSR count). The lowest BCUT2D eigenvalue weighted by atomic mass is 9.99. The summed E-state index contributed by atoms with van der Waals surface area (Å²) < 4.78 is 0. The third-order valence-electron chi connectivity index (χ3n) is 3.25. The van der Waals surface area contributed by atoms with Crippen LogP contribution in [-0.2, 0) is 12.8 Å². The van der Waals surface area contributed by atoms with Crippen LogP contribution in [0.5, 0.6) is 0 Å². The quantitative estimate of drug-likeness (QED) is 0.725. The Morgan fingerprint density at radius 3 is 2.62 bits per heavy atom. The maximum absolute atomic E-state index is 10.4. The van der Waals surface area contributed by atoms with E-state index in [2.05, 4.69) is 11.1 Å². The lowest BCUT2D eigenvalue weighted by Gasteiger charge is -2.13. The zero-order valence-corrected chi connectivity index (χ0v) is 8.93. The van der Waals surface area contributed by atoms with Crippen LogP contribution >= 0.6 is 0 Å². The molecule has 1 atom stereocenters. The molecule has 2 heteroatoms. The highest BCUT2D eigenvalue weighted by atomic mass is 16.3. The summed E-state index contributed by atoms with van der Waals surface area (Å²) in [5.41, 5.74) is 4.42. The molecule has 0 bridgehead atoms. The number of pyridine rings is 1. The summed E-state index contributed by atoms with van der Waals surface area (Å²) in [7, 11) is 0. The second kappa shape index (κ2) is 3.72. The average Bonchev–Trinajstić information content (AvgIpc) is 2.49. The zero-order chi connectivity index (χ0) is 11.0. The summed E-state index contributed by atoms with van der Waals surface area (Å²) in [5.74, 6) is 0. The molecule has 1 heterocycles. The Morgan fingerprint density at radius 1 is 1.00 bits per heavy atom. The van der Waals surface area contributed by atoms with E-state index in [4.69, 9.17) is 0 Å². The monoisotopic (exact) mass is 211 g/mol. The number of aryl methyl sites for hydroxylation is 2. The molecule has 2 aromatic rings. The minimum atomic E-state index is -0.526. The van der Waals surface area contributed by atoms with Crippen molar-refractivity contribution in [3.8, 4) is 0 Å². The first-order valence-electron chi connectivity index (χ1n) is 5.55. The van der Waals surface area contributed by atoms with Gasteiger partial charge in [-0.3, -0.25) is 4.98 Å². The number of fused-ring (bicyclic) bond motifs is 2. The van der Waals surface area contributed by atoms with Gasteiger partial charge in [-0.2, -0.15) is 0 Å². The number of hydrogen-bond acceptors (Lipinski definition) is 2. The highest BCUT2D eigenvalue weighted by Gasteiger charge is 2.20. The van der Waals surface area contributed by atoms with Crippen LogP contribution in [0, 0.1) is 0 Å². The molecule has 0 saturated carbocycles. The van der Waals surface area contributed by atoms with Crippen molar-refractivity contribution >= 4 is 0 Å². The van der Waals surface area contributed by atoms with Crippen LogP contribution in [0.25, 0.3) is 0 Å². The number of aliphatic hydroxyl groups is 1. The van der Waals surface area contributed by atoms with Crippen LogP contribution in [0.3, 0.4) is 0 Å². The molecule has 0 spiro atoms. The molecule has 80 valence electrons. The summed E-state index contributed by atoms with van der Waals surface area (Å²) in [6.07, 6.45) is 5.02. The van der Waals surface area contributed by atoms with Crippen molar-refractivity contribution in [3.05, 3.63) is 65.0 Å². The smallest absolute Gasteiger partial charge is 0.106 e. The van der Waals surface area contributed by atoms with Gasteiger partial charge in [0, 0.05) is 18.0 Å². The molecule has 1 N–H and O–H groups in total. The number of rotatable bonds is 0. The van der Waals surface area contributed by atoms with Crippen LogP contribution in [0.2, 0.25) is 0 Å². The Hall–Kier alpha value is -1.67. The van der Waals surface area contributed by atoms with Crippen molar-refractivity contribution in [3.63, 3.8) is 0 Å². The number of aliphatic hydroxyl groups excluding tert-OH is 1. The van der Waals surface area contributed by atoms with E-state index in [1.165, 1.54) is 11.1 Å². The van der Waals surface area contributed by atoms with Gasteiger partial charge in [0.05, 0.1) is 0 Å². The Bertz CT molecular complexity index is 474. The molecule has 0 aliphatic heterocycles. The van der Waals surface area contributed by atoms with Crippen LogP contribution in [0.15, 0.2) is 42.7 Å². The minimum absolute atomic E-state index is 0.526. The maximum Gasteiger partial charge on any atom is 0.106 e. The summed E-state index contributed by atoms with van der Waals surface area (Å²) in [5, 5.41) is 10.4. The van der Waals surface area contributed by atoms with Crippen molar-refractivity contribution in [2.45, 2.75) is 18.9 Å². The van der Waals surface area contributed by atoms with Crippen molar-refractivity contribution in [2.75, 3.05) is 0 Å². The second-order valence-electron chi connectivity index (χ2n) is 4.18. The van der Waals surface area contributed by atoms with Crippen LogP contribution in [-0.4, -0.2) is 10.1 Å². The molecule has 1 aliphatic carbocycles. The Balaban J connectivity index is 2.18. The molecule has 0 fully saturated rings. The van der Waals surface area contributed by atoms with E-state index in [1.807, 2.05) is 24.3 Å². The fraction of sp³-hybridized carbons (Fsp3) is 0.214. The molecule has 1 aromatic carbocycles. The normalized spacial score (nSPS) is 18.4. The third kappa shape index (κ3) is 1.42. The van der Waals surface area contributed by atoms with Gasteiger partial charge in [0.15, 0.2) is 0 Å². The van der Waals surface area contributed by atoms with Crippen molar-refractivity contribution < 1.29 is 5.11 Å². The van der Waals surface area contributed by atoms with Gasteiger partial charge in [-0.05, 0) is 35.6 Å². The standard InChI is InChI=1S/C14H13NO/c16-14-12-4-2-1-3-10(12)5-6-11-7-8-15-9-13(11)14/h1-4,7-9,14,16H,5-6H2. The van der Waals surface area contributed by atoms with Crippen molar-refractivity contribution in [1.29, 1.82) is 0 Å². The van der Waals surface area contributed by atoms with Gasteiger partial charge in [0.1, 0.15) is 6.10 Å². The highest BCUT2D eigenvalue weighted by molar-refractivity contribution is 5.41. The molecule has 16 heavy (non-hydrogen) atoms. The summed E-state index contributed by atoms with van der Waals surface area (Å²) >= 11 is 0. The van der Waals surface area contributed by atoms with Gasteiger partial charge < -0.3 is 5.11 Å². The van der Waals surface area contributed by atoms with Gasteiger partial charge >= 0.3 is 0 Å². The topological polar surface area (TPSA) is 33.1 Å². The predicted molar refractivity (Wildman–Crippen MR) is 62.1 cm³/mol. The molecular formula is C14H13NO. The third-order valence-corrected chi connectivity index (χ3v) is 3.25. The molecule has 0 amide bonds. The van der Waals surface area contributed by atoms with Crippen LogP contribution in [0.1, 0.15) is 28.4 Å². The number of aromatic nitrogens is 1. The summed E-state index contributed by atoms with van der Waals surface area (Å²) in [6, 6.07) is 10.1. The van der Waals surface area contributed by atoms with Gasteiger partial charge in [0.2, 0.25) is 0 Å². The summed E-state index contributed by atoms with van der Waals surface area (Å²) in [4.78, 5) is 4.10. The SMILES string of the molecule is OC1c2ccccc2CCc2ccncc21. The Morgan fingerprint density at radius 2 is 1.75 bits per heavy atom. The van der Waals surface area contributed by atoms with Crippen molar-refractivity contribution in [1.82, 2.24) is 4.98 Å². The molecule has 1 unspecified atom stereocenters. The van der Waals surface area contributed by atoms with Crippen LogP contribution < -0.4 is 0 Å².